The van der Waals surface area contributed by atoms with Crippen molar-refractivity contribution in [2.24, 2.45) is 4.99 Å². The first-order chi connectivity index (χ1) is 8.06. The van der Waals surface area contributed by atoms with Gasteiger partial charge in [0.15, 0.2) is 4.99 Å². The molecular formula is C12H12FN3S. The van der Waals surface area contributed by atoms with Crippen LogP contribution in [0.25, 0.3) is 10.9 Å². The summed E-state index contributed by atoms with van der Waals surface area (Å²) in [5.74, 6) is -0.259. The van der Waals surface area contributed by atoms with Crippen LogP contribution in [0.5, 0.6) is 0 Å². The minimum atomic E-state index is -0.259. The molecule has 1 aromatic carbocycles. The zero-order valence-electron chi connectivity index (χ0n) is 9.57. The Hall–Kier alpha value is -1.75. The number of hydrogen-bond acceptors (Lipinski definition) is 1. The number of nitrogens with zero attached hydrogens (tertiary/aromatic N) is 2. The van der Waals surface area contributed by atoms with Crippen molar-refractivity contribution in [1.29, 1.82) is 0 Å². The summed E-state index contributed by atoms with van der Waals surface area (Å²) in [6.07, 6.45) is 1.63. The number of nitrogens with one attached hydrogen (secondary N) is 1. The lowest BCUT2D eigenvalue weighted by Gasteiger charge is -2.01. The van der Waals surface area contributed by atoms with Gasteiger partial charge in [-0.25, -0.2) is 9.38 Å². The van der Waals surface area contributed by atoms with Gasteiger partial charge in [0.25, 0.3) is 0 Å². The van der Waals surface area contributed by atoms with Gasteiger partial charge < -0.3 is 9.88 Å². The molecule has 88 valence electrons. The first-order valence-electron chi connectivity index (χ1n) is 5.09. The fourth-order valence-corrected chi connectivity index (χ4v) is 1.61. The largest absolute Gasteiger partial charge is 0.369 e. The van der Waals surface area contributed by atoms with Crippen molar-refractivity contribution < 1.29 is 4.39 Å². The number of aromatic amines is 1. The van der Waals surface area contributed by atoms with Crippen molar-refractivity contribution in [3.8, 4) is 0 Å². The van der Waals surface area contributed by atoms with E-state index in [0.717, 1.165) is 16.6 Å². The van der Waals surface area contributed by atoms with Gasteiger partial charge in [-0.1, -0.05) is 12.2 Å². The molecule has 0 fully saturated rings. The number of aromatic nitrogens is 1. The Balaban J connectivity index is 2.33. The zero-order chi connectivity index (χ0) is 12.4. The minimum absolute atomic E-state index is 0.259. The average molecular weight is 249 g/mol. The molecule has 0 saturated heterocycles. The zero-order valence-corrected chi connectivity index (χ0v) is 10.4. The van der Waals surface area contributed by atoms with Gasteiger partial charge in [-0.05, 0) is 24.3 Å². The second-order valence-electron chi connectivity index (χ2n) is 3.93. The topological polar surface area (TPSA) is 31.4 Å². The highest BCUT2D eigenvalue weighted by Gasteiger charge is 2.05. The first kappa shape index (κ1) is 11.7. The maximum Gasteiger partial charge on any atom is 0.151 e. The van der Waals surface area contributed by atoms with Gasteiger partial charge in [-0.3, -0.25) is 0 Å². The molecular weight excluding hydrogens is 237 g/mol. The Morgan fingerprint density at radius 2 is 2.18 bits per heavy atom. The molecule has 0 aliphatic heterocycles. The lowest BCUT2D eigenvalue weighted by Crippen LogP contribution is -2.09. The minimum Gasteiger partial charge on any atom is -0.369 e. The predicted octanol–water partition coefficient (Wildman–Crippen LogP) is 2.57. The van der Waals surface area contributed by atoms with Crippen molar-refractivity contribution in [3.63, 3.8) is 0 Å². The quantitative estimate of drug-likeness (QED) is 0.504. The van der Waals surface area contributed by atoms with Gasteiger partial charge in [0.1, 0.15) is 5.82 Å². The normalized spacial score (nSPS) is 11.2. The van der Waals surface area contributed by atoms with Crippen molar-refractivity contribution >= 4 is 34.4 Å². The molecule has 2 rings (SSSR count). The van der Waals surface area contributed by atoms with Gasteiger partial charge in [0, 0.05) is 25.0 Å². The highest BCUT2D eigenvalue weighted by atomic mass is 32.1. The van der Waals surface area contributed by atoms with E-state index in [2.05, 4.69) is 9.98 Å². The number of thiocarbonyl (C=S) groups is 1. The van der Waals surface area contributed by atoms with Crippen LogP contribution in [0, 0.1) is 5.82 Å². The van der Waals surface area contributed by atoms with E-state index in [1.165, 1.54) is 12.1 Å². The number of H-pyrrole nitrogens is 1. The van der Waals surface area contributed by atoms with Gasteiger partial charge in [0.2, 0.25) is 0 Å². The van der Waals surface area contributed by atoms with E-state index in [0.29, 0.717) is 4.99 Å². The highest BCUT2D eigenvalue weighted by Crippen LogP contribution is 2.17. The molecule has 0 unspecified atom stereocenters. The first-order valence-corrected chi connectivity index (χ1v) is 5.50. The van der Waals surface area contributed by atoms with Crippen molar-refractivity contribution in [2.45, 2.75) is 0 Å². The van der Waals surface area contributed by atoms with Crippen molar-refractivity contribution in [2.75, 3.05) is 14.1 Å². The lowest BCUT2D eigenvalue weighted by atomic mass is 10.2. The van der Waals surface area contributed by atoms with Gasteiger partial charge in [-0.2, -0.15) is 0 Å². The van der Waals surface area contributed by atoms with E-state index < -0.39 is 0 Å². The lowest BCUT2D eigenvalue weighted by molar-refractivity contribution is 0.630. The van der Waals surface area contributed by atoms with Crippen LogP contribution in [-0.2, 0) is 0 Å². The Kier molecular flexibility index (Phi) is 3.19. The summed E-state index contributed by atoms with van der Waals surface area (Å²) in [6.45, 7) is 0. The summed E-state index contributed by atoms with van der Waals surface area (Å²) < 4.78 is 13.0. The smallest absolute Gasteiger partial charge is 0.151 e. The number of halogens is 1. The molecule has 1 N–H and O–H groups in total. The maximum atomic E-state index is 13.0. The van der Waals surface area contributed by atoms with Gasteiger partial charge >= 0.3 is 0 Å². The van der Waals surface area contributed by atoms with Gasteiger partial charge in [0.05, 0.1) is 12.0 Å². The second kappa shape index (κ2) is 4.63. The van der Waals surface area contributed by atoms with Crippen LogP contribution in [0.4, 0.5) is 4.39 Å². The number of fused-ring (bicyclic) bond motifs is 1. The predicted molar refractivity (Wildman–Crippen MR) is 72.1 cm³/mol. The number of benzene rings is 1. The fourth-order valence-electron chi connectivity index (χ4n) is 1.46. The Morgan fingerprint density at radius 3 is 2.88 bits per heavy atom. The summed E-state index contributed by atoms with van der Waals surface area (Å²) in [4.78, 5) is 9.48. The summed E-state index contributed by atoms with van der Waals surface area (Å²) in [6, 6.07) is 6.36. The van der Waals surface area contributed by atoms with Crippen LogP contribution in [-0.4, -0.2) is 35.3 Å². The van der Waals surface area contributed by atoms with Crippen LogP contribution < -0.4 is 0 Å². The Bertz CT molecular complexity index is 586. The molecule has 0 spiro atoms. The number of hydrogen-bond donors (Lipinski definition) is 1. The third-order valence-corrected chi connectivity index (χ3v) is 2.54. The molecule has 3 nitrogen and oxygen atoms in total. The molecule has 5 heteroatoms. The molecule has 0 atom stereocenters. The maximum absolute atomic E-state index is 13.0. The third kappa shape index (κ3) is 2.68. The number of aliphatic imine (C=N–C) groups is 1. The van der Waals surface area contributed by atoms with Crippen molar-refractivity contribution in [1.82, 2.24) is 9.88 Å². The van der Waals surface area contributed by atoms with Crippen LogP contribution in [0.2, 0.25) is 0 Å². The molecule has 0 aliphatic rings. The molecule has 1 heterocycles. The summed E-state index contributed by atoms with van der Waals surface area (Å²) in [5.41, 5.74) is 1.57. The second-order valence-corrected chi connectivity index (χ2v) is 4.31. The van der Waals surface area contributed by atoms with E-state index in [9.17, 15) is 4.39 Å². The molecule has 0 radical (unpaired) electrons. The Labute approximate surface area is 104 Å². The molecule has 0 aliphatic carbocycles. The van der Waals surface area contributed by atoms with Crippen LogP contribution in [0.1, 0.15) is 5.69 Å². The molecule has 0 bridgehead atoms. The monoisotopic (exact) mass is 249 g/mol. The van der Waals surface area contributed by atoms with Crippen LogP contribution in [0.3, 0.4) is 0 Å². The summed E-state index contributed by atoms with van der Waals surface area (Å²) in [7, 11) is 3.74. The third-order valence-electron chi connectivity index (χ3n) is 2.22. The van der Waals surface area contributed by atoms with Crippen molar-refractivity contribution in [3.05, 3.63) is 35.8 Å². The number of rotatable bonds is 2. The summed E-state index contributed by atoms with van der Waals surface area (Å²) in [5, 5.41) is 0.794. The van der Waals surface area contributed by atoms with E-state index in [-0.39, 0.29) is 5.82 Å². The van der Waals surface area contributed by atoms with E-state index in [1.54, 1.807) is 23.4 Å². The van der Waals surface area contributed by atoms with E-state index >= 15 is 0 Å². The molecule has 1 aromatic heterocycles. The van der Waals surface area contributed by atoms with Crippen LogP contribution >= 0.6 is 12.2 Å². The van der Waals surface area contributed by atoms with Gasteiger partial charge in [-0.15, -0.1) is 0 Å². The van der Waals surface area contributed by atoms with E-state index in [4.69, 9.17) is 12.2 Å². The average Bonchev–Trinajstić information content (AvgIpc) is 2.68. The molecule has 17 heavy (non-hydrogen) atoms. The Morgan fingerprint density at radius 1 is 1.41 bits per heavy atom. The molecule has 0 amide bonds. The standard InChI is InChI=1S/C12H12FN3S/c1-16(2)7-14-12(17)11-6-8-5-9(13)3-4-10(8)15-11/h3-7,15H,1-2H3/b14-7-. The fraction of sp³-hybridized carbons (Fsp3) is 0.167. The SMILES string of the molecule is CN(C)/C=N\C(=S)c1cc2cc(F)ccc2[nH]1. The molecule has 2 aromatic rings. The van der Waals surface area contributed by atoms with Crippen LogP contribution in [0.15, 0.2) is 29.3 Å². The van der Waals surface area contributed by atoms with E-state index in [1.807, 2.05) is 14.1 Å². The highest BCUT2D eigenvalue weighted by molar-refractivity contribution is 7.80. The summed E-state index contributed by atoms with van der Waals surface area (Å²) >= 11 is 5.16. The molecule has 0 saturated carbocycles.